The van der Waals surface area contributed by atoms with Crippen LogP contribution in [-0.4, -0.2) is 24.1 Å². The Balaban J connectivity index is 2.49. The number of nitrogens with zero attached hydrogens (tertiary/aromatic N) is 1. The SMILES string of the molecule is CCC(C)NCc1ncc(C(=O)OC)s1. The number of rotatable bonds is 5. The fraction of sp³-hybridized carbons (Fsp3) is 0.600. The molecule has 1 unspecified atom stereocenters. The third-order valence-electron chi connectivity index (χ3n) is 2.15. The zero-order chi connectivity index (χ0) is 11.3. The van der Waals surface area contributed by atoms with Gasteiger partial charge in [0.15, 0.2) is 0 Å². The maximum Gasteiger partial charge on any atom is 0.349 e. The molecular weight excluding hydrogens is 212 g/mol. The first kappa shape index (κ1) is 12.1. The standard InChI is InChI=1S/C10H16N2O2S/c1-4-7(2)11-6-9-12-5-8(15-9)10(13)14-3/h5,7,11H,4,6H2,1-3H3. The molecule has 4 nitrogen and oxygen atoms in total. The molecule has 0 amide bonds. The lowest BCUT2D eigenvalue weighted by Gasteiger charge is -2.08. The van der Waals surface area contributed by atoms with Gasteiger partial charge in [0, 0.05) is 12.6 Å². The summed E-state index contributed by atoms with van der Waals surface area (Å²) in [7, 11) is 1.37. The van der Waals surface area contributed by atoms with Gasteiger partial charge in [0.2, 0.25) is 0 Å². The fourth-order valence-electron chi connectivity index (χ4n) is 0.993. The molecule has 1 N–H and O–H groups in total. The van der Waals surface area contributed by atoms with E-state index in [0.29, 0.717) is 17.5 Å². The first-order chi connectivity index (χ1) is 7.17. The average molecular weight is 228 g/mol. The molecule has 0 aliphatic rings. The van der Waals surface area contributed by atoms with Crippen molar-refractivity contribution in [2.75, 3.05) is 7.11 Å². The number of nitrogens with one attached hydrogen (secondary N) is 1. The topological polar surface area (TPSA) is 51.2 Å². The highest BCUT2D eigenvalue weighted by Gasteiger charge is 2.10. The largest absolute Gasteiger partial charge is 0.465 e. The monoisotopic (exact) mass is 228 g/mol. The molecule has 15 heavy (non-hydrogen) atoms. The summed E-state index contributed by atoms with van der Waals surface area (Å²) in [4.78, 5) is 15.8. The summed E-state index contributed by atoms with van der Waals surface area (Å²) >= 11 is 1.37. The van der Waals surface area contributed by atoms with Crippen molar-refractivity contribution in [1.82, 2.24) is 10.3 Å². The van der Waals surface area contributed by atoms with Gasteiger partial charge >= 0.3 is 5.97 Å². The summed E-state index contributed by atoms with van der Waals surface area (Å²) in [5, 5.41) is 4.23. The maximum atomic E-state index is 11.1. The Labute approximate surface area is 93.7 Å². The van der Waals surface area contributed by atoms with Crippen LogP contribution in [0, 0.1) is 0 Å². The van der Waals surface area contributed by atoms with Crippen LogP contribution in [0.2, 0.25) is 0 Å². The molecular formula is C10H16N2O2S. The number of carbonyl (C=O) groups is 1. The first-order valence-corrected chi connectivity index (χ1v) is 5.75. The average Bonchev–Trinajstić information content (AvgIpc) is 2.73. The van der Waals surface area contributed by atoms with E-state index >= 15 is 0 Å². The van der Waals surface area contributed by atoms with Crippen LogP contribution in [0.25, 0.3) is 0 Å². The van der Waals surface area contributed by atoms with Crippen LogP contribution in [0.5, 0.6) is 0 Å². The minimum absolute atomic E-state index is 0.317. The lowest BCUT2D eigenvalue weighted by atomic mass is 10.3. The van der Waals surface area contributed by atoms with E-state index < -0.39 is 0 Å². The second-order valence-electron chi connectivity index (χ2n) is 3.30. The van der Waals surface area contributed by atoms with Gasteiger partial charge in [0.05, 0.1) is 13.3 Å². The molecule has 1 aromatic heterocycles. The van der Waals surface area contributed by atoms with Crippen LogP contribution in [0.4, 0.5) is 0 Å². The normalized spacial score (nSPS) is 12.5. The Kier molecular flexibility index (Phi) is 4.71. The molecule has 0 fully saturated rings. The van der Waals surface area contributed by atoms with E-state index in [1.807, 2.05) is 0 Å². The molecule has 0 saturated carbocycles. The maximum absolute atomic E-state index is 11.1. The fourth-order valence-corrected chi connectivity index (χ4v) is 1.78. The van der Waals surface area contributed by atoms with Crippen molar-refractivity contribution < 1.29 is 9.53 Å². The number of ether oxygens (including phenoxy) is 1. The predicted molar refractivity (Wildman–Crippen MR) is 60.0 cm³/mol. The van der Waals surface area contributed by atoms with Gasteiger partial charge < -0.3 is 10.1 Å². The Morgan fingerprint density at radius 2 is 2.47 bits per heavy atom. The summed E-state index contributed by atoms with van der Waals surface area (Å²) in [6.45, 7) is 4.95. The van der Waals surface area contributed by atoms with Gasteiger partial charge in [-0.05, 0) is 13.3 Å². The van der Waals surface area contributed by atoms with Crippen LogP contribution in [0.3, 0.4) is 0 Å². The van der Waals surface area contributed by atoms with E-state index in [4.69, 9.17) is 0 Å². The minimum atomic E-state index is -0.317. The van der Waals surface area contributed by atoms with Crippen molar-refractivity contribution in [3.8, 4) is 0 Å². The lowest BCUT2D eigenvalue weighted by Crippen LogP contribution is -2.24. The number of carbonyl (C=O) groups excluding carboxylic acids is 1. The van der Waals surface area contributed by atoms with E-state index in [9.17, 15) is 4.79 Å². The van der Waals surface area contributed by atoms with E-state index in [-0.39, 0.29) is 5.97 Å². The van der Waals surface area contributed by atoms with Crippen molar-refractivity contribution in [3.05, 3.63) is 16.1 Å². The van der Waals surface area contributed by atoms with Gasteiger partial charge in [-0.25, -0.2) is 9.78 Å². The molecule has 0 saturated heterocycles. The third-order valence-corrected chi connectivity index (χ3v) is 3.13. The van der Waals surface area contributed by atoms with Crippen LogP contribution in [0.1, 0.15) is 34.9 Å². The van der Waals surface area contributed by atoms with Crippen molar-refractivity contribution >= 4 is 17.3 Å². The predicted octanol–water partition coefficient (Wildman–Crippen LogP) is 1.82. The molecule has 84 valence electrons. The highest BCUT2D eigenvalue weighted by molar-refractivity contribution is 7.13. The second kappa shape index (κ2) is 5.82. The van der Waals surface area contributed by atoms with Crippen LogP contribution >= 0.6 is 11.3 Å². The molecule has 0 radical (unpaired) electrons. The highest BCUT2D eigenvalue weighted by atomic mass is 32.1. The molecule has 1 rings (SSSR count). The van der Waals surface area contributed by atoms with Crippen molar-refractivity contribution in [1.29, 1.82) is 0 Å². The summed E-state index contributed by atoms with van der Waals surface area (Å²) in [5.41, 5.74) is 0. The quantitative estimate of drug-likeness (QED) is 0.781. The van der Waals surface area contributed by atoms with Crippen LogP contribution < -0.4 is 5.32 Å². The Hall–Kier alpha value is -0.940. The molecule has 0 bridgehead atoms. The van der Waals surface area contributed by atoms with E-state index in [1.54, 1.807) is 6.20 Å². The number of hydrogen-bond donors (Lipinski definition) is 1. The van der Waals surface area contributed by atoms with Crippen LogP contribution in [0.15, 0.2) is 6.20 Å². The smallest absolute Gasteiger partial charge is 0.349 e. The zero-order valence-corrected chi connectivity index (χ0v) is 10.1. The van der Waals surface area contributed by atoms with Crippen molar-refractivity contribution in [2.24, 2.45) is 0 Å². The molecule has 0 spiro atoms. The molecule has 0 aliphatic carbocycles. The zero-order valence-electron chi connectivity index (χ0n) is 9.24. The molecule has 0 aromatic carbocycles. The van der Waals surface area contributed by atoms with E-state index in [2.05, 4.69) is 28.9 Å². The van der Waals surface area contributed by atoms with Crippen molar-refractivity contribution in [3.63, 3.8) is 0 Å². The Bertz CT molecular complexity index is 325. The minimum Gasteiger partial charge on any atom is -0.465 e. The highest BCUT2D eigenvalue weighted by Crippen LogP contribution is 2.13. The summed E-state index contributed by atoms with van der Waals surface area (Å²) in [6, 6.07) is 0.468. The van der Waals surface area contributed by atoms with E-state index in [1.165, 1.54) is 18.4 Å². The van der Waals surface area contributed by atoms with Gasteiger partial charge in [-0.1, -0.05) is 6.92 Å². The number of thiazole rings is 1. The van der Waals surface area contributed by atoms with Gasteiger partial charge in [0.1, 0.15) is 9.88 Å². The van der Waals surface area contributed by atoms with Gasteiger partial charge in [-0.3, -0.25) is 0 Å². The Morgan fingerprint density at radius 3 is 3.07 bits per heavy atom. The number of hydrogen-bond acceptors (Lipinski definition) is 5. The Morgan fingerprint density at radius 1 is 1.73 bits per heavy atom. The molecule has 1 atom stereocenters. The second-order valence-corrected chi connectivity index (χ2v) is 4.42. The van der Waals surface area contributed by atoms with Gasteiger partial charge in [0.25, 0.3) is 0 Å². The van der Waals surface area contributed by atoms with Gasteiger partial charge in [-0.15, -0.1) is 11.3 Å². The molecule has 0 aliphatic heterocycles. The lowest BCUT2D eigenvalue weighted by molar-refractivity contribution is 0.0606. The van der Waals surface area contributed by atoms with E-state index in [0.717, 1.165) is 11.4 Å². The van der Waals surface area contributed by atoms with Crippen LogP contribution in [-0.2, 0) is 11.3 Å². The number of esters is 1. The molecule has 1 heterocycles. The molecule has 5 heteroatoms. The first-order valence-electron chi connectivity index (χ1n) is 4.93. The summed E-state index contributed by atoms with van der Waals surface area (Å²) in [6.07, 6.45) is 2.64. The van der Waals surface area contributed by atoms with Gasteiger partial charge in [-0.2, -0.15) is 0 Å². The third kappa shape index (κ3) is 3.60. The molecule has 1 aromatic rings. The van der Waals surface area contributed by atoms with Crippen molar-refractivity contribution in [2.45, 2.75) is 32.9 Å². The summed E-state index contributed by atoms with van der Waals surface area (Å²) in [5.74, 6) is -0.317. The number of aromatic nitrogens is 1. The number of methoxy groups -OCH3 is 1. The summed E-state index contributed by atoms with van der Waals surface area (Å²) < 4.78 is 4.61.